The van der Waals surface area contributed by atoms with Crippen molar-refractivity contribution in [1.29, 1.82) is 0 Å². The van der Waals surface area contributed by atoms with Gasteiger partial charge in [0.05, 0.1) is 27.7 Å². The fourth-order valence-corrected chi connectivity index (χ4v) is 4.07. The monoisotopic (exact) mass is 461 g/mol. The Kier molecular flexibility index (Phi) is 5.18. The number of aromatic nitrogens is 4. The van der Waals surface area contributed by atoms with Crippen molar-refractivity contribution in [3.8, 4) is 5.69 Å². The summed E-state index contributed by atoms with van der Waals surface area (Å²) in [6.07, 6.45) is 1.41. The van der Waals surface area contributed by atoms with Gasteiger partial charge in [-0.3, -0.25) is 14.2 Å². The van der Waals surface area contributed by atoms with Crippen molar-refractivity contribution >= 4 is 45.7 Å². The van der Waals surface area contributed by atoms with Crippen LogP contribution in [-0.2, 0) is 4.79 Å². The molecule has 0 radical (unpaired) electrons. The summed E-state index contributed by atoms with van der Waals surface area (Å²) in [5.74, 6) is 1.22. The van der Waals surface area contributed by atoms with Crippen LogP contribution in [0, 0.1) is 0 Å². The highest BCUT2D eigenvalue weighted by molar-refractivity contribution is 6.35. The Morgan fingerprint density at radius 3 is 2.67 bits per heavy atom. The zero-order valence-corrected chi connectivity index (χ0v) is 18.6. The lowest BCUT2D eigenvalue weighted by Crippen LogP contribution is -2.37. The van der Waals surface area contributed by atoms with E-state index in [0.717, 1.165) is 0 Å². The number of rotatable bonds is 4. The molecule has 166 valence electrons. The van der Waals surface area contributed by atoms with Gasteiger partial charge in [-0.2, -0.15) is 0 Å². The Morgan fingerprint density at radius 1 is 1.09 bits per heavy atom. The quantitative estimate of drug-likeness (QED) is 0.424. The smallest absolute Gasteiger partial charge is 0.267 e. The molecule has 0 bridgehead atoms. The normalized spacial score (nSPS) is 16.0. The van der Waals surface area contributed by atoms with Crippen LogP contribution in [0.2, 0.25) is 5.02 Å². The zero-order valence-electron chi connectivity index (χ0n) is 17.8. The van der Waals surface area contributed by atoms with Gasteiger partial charge in [-0.25, -0.2) is 15.0 Å². The van der Waals surface area contributed by atoms with E-state index in [1.165, 1.54) is 6.33 Å². The van der Waals surface area contributed by atoms with Crippen LogP contribution in [0.25, 0.3) is 16.6 Å². The lowest BCUT2D eigenvalue weighted by molar-refractivity contribution is -0.116. The van der Waals surface area contributed by atoms with Crippen LogP contribution < -0.4 is 21.5 Å². The van der Waals surface area contributed by atoms with E-state index < -0.39 is 12.1 Å². The molecule has 4 aromatic rings. The molecule has 0 aliphatic carbocycles. The largest absolute Gasteiger partial charge is 0.358 e. The van der Waals surface area contributed by atoms with E-state index in [2.05, 4.69) is 25.9 Å². The summed E-state index contributed by atoms with van der Waals surface area (Å²) in [6, 6.07) is 13.6. The summed E-state index contributed by atoms with van der Waals surface area (Å²) in [5.41, 5.74) is 1.34. The Bertz CT molecular complexity index is 1440. The molecule has 3 heterocycles. The van der Waals surface area contributed by atoms with Gasteiger partial charge in [0.25, 0.3) is 5.56 Å². The molecule has 3 N–H and O–H groups in total. The zero-order chi connectivity index (χ0) is 23.1. The molecule has 0 spiro atoms. The van der Waals surface area contributed by atoms with Gasteiger partial charge >= 0.3 is 0 Å². The molecule has 0 unspecified atom stereocenters. The van der Waals surface area contributed by atoms with Gasteiger partial charge in [0.15, 0.2) is 11.6 Å². The molecule has 9 nitrogen and oxygen atoms in total. The minimum atomic E-state index is -0.462. The molecule has 0 saturated carbocycles. The van der Waals surface area contributed by atoms with Crippen molar-refractivity contribution in [2.45, 2.75) is 25.9 Å². The number of benzene rings is 2. The number of halogens is 1. The molecular formula is C23H20ClN7O2. The summed E-state index contributed by atoms with van der Waals surface area (Å²) in [7, 11) is 0. The first-order valence-corrected chi connectivity index (χ1v) is 10.8. The van der Waals surface area contributed by atoms with Crippen LogP contribution in [0.1, 0.15) is 25.7 Å². The van der Waals surface area contributed by atoms with E-state index in [1.54, 1.807) is 29.7 Å². The Hall–Kier alpha value is -3.98. The van der Waals surface area contributed by atoms with Crippen molar-refractivity contribution in [3.05, 3.63) is 76.1 Å². The Morgan fingerprint density at radius 2 is 1.88 bits per heavy atom. The predicted octanol–water partition coefficient (Wildman–Crippen LogP) is 3.75. The van der Waals surface area contributed by atoms with Crippen LogP contribution in [0.3, 0.4) is 0 Å². The highest BCUT2D eigenvalue weighted by atomic mass is 35.5. The molecule has 5 rings (SSSR count). The molecule has 33 heavy (non-hydrogen) atoms. The van der Waals surface area contributed by atoms with Gasteiger partial charge in [-0.1, -0.05) is 35.9 Å². The first-order valence-electron chi connectivity index (χ1n) is 10.4. The number of anilines is 3. The van der Waals surface area contributed by atoms with Gasteiger partial charge in [0.2, 0.25) is 5.91 Å². The maximum atomic E-state index is 13.6. The summed E-state index contributed by atoms with van der Waals surface area (Å²) in [4.78, 5) is 39.1. The molecule has 2 atom stereocenters. The van der Waals surface area contributed by atoms with Crippen LogP contribution in [0.4, 0.5) is 17.3 Å². The highest BCUT2D eigenvalue weighted by Crippen LogP contribution is 2.32. The topological polar surface area (TPSA) is 114 Å². The Balaban J connectivity index is 1.64. The van der Waals surface area contributed by atoms with Crippen LogP contribution in [-0.4, -0.2) is 31.5 Å². The van der Waals surface area contributed by atoms with E-state index in [-0.39, 0.29) is 11.5 Å². The highest BCUT2D eigenvalue weighted by Gasteiger charge is 2.27. The van der Waals surface area contributed by atoms with Crippen LogP contribution >= 0.6 is 11.6 Å². The SMILES string of the molecule is C[C@@H]1Nc2ncnc(N[C@@H](C)c3nc4cccc(Cl)c4c(=O)n3-c3ccccc3)c2NC1=O. The van der Waals surface area contributed by atoms with Crippen LogP contribution in [0.5, 0.6) is 0 Å². The van der Waals surface area contributed by atoms with Crippen molar-refractivity contribution in [2.24, 2.45) is 0 Å². The van der Waals surface area contributed by atoms with Gasteiger partial charge in [-0.05, 0) is 38.1 Å². The number of nitrogens with zero attached hydrogens (tertiary/aromatic N) is 4. The van der Waals surface area contributed by atoms with E-state index in [4.69, 9.17) is 16.6 Å². The summed E-state index contributed by atoms with van der Waals surface area (Å²) in [6.45, 7) is 3.62. The number of hydrogen-bond donors (Lipinski definition) is 3. The third-order valence-corrected chi connectivity index (χ3v) is 5.78. The number of hydrogen-bond acceptors (Lipinski definition) is 7. The van der Waals surface area contributed by atoms with Crippen molar-refractivity contribution in [3.63, 3.8) is 0 Å². The molecule has 0 fully saturated rings. The Labute approximate surface area is 193 Å². The fraction of sp³-hybridized carbons (Fsp3) is 0.174. The number of para-hydroxylation sites is 1. The van der Waals surface area contributed by atoms with Crippen molar-refractivity contribution in [2.75, 3.05) is 16.0 Å². The molecule has 0 saturated heterocycles. The molecule has 2 aromatic carbocycles. The predicted molar refractivity (Wildman–Crippen MR) is 128 cm³/mol. The standard InChI is InChI=1S/C23H20ClN7O2/c1-12(27-19-18-20(26-11-25-19)28-13(2)22(32)30-18)21-29-16-10-6-9-15(24)17(16)23(33)31(21)14-7-4-3-5-8-14/h3-13H,1-2H3,(H,30,32)(H2,25,26,27,28)/t12-,13-/m0/s1. The van der Waals surface area contributed by atoms with E-state index in [0.29, 0.717) is 44.8 Å². The van der Waals surface area contributed by atoms with Crippen molar-refractivity contribution in [1.82, 2.24) is 19.5 Å². The summed E-state index contributed by atoms with van der Waals surface area (Å²) >= 11 is 6.36. The van der Waals surface area contributed by atoms with Crippen LogP contribution in [0.15, 0.2) is 59.7 Å². The third kappa shape index (κ3) is 3.66. The first kappa shape index (κ1) is 20.9. The number of nitrogens with one attached hydrogen (secondary N) is 3. The summed E-state index contributed by atoms with van der Waals surface area (Å²) < 4.78 is 1.54. The maximum absolute atomic E-state index is 13.6. The lowest BCUT2D eigenvalue weighted by Gasteiger charge is -2.26. The average molecular weight is 462 g/mol. The molecular weight excluding hydrogens is 442 g/mol. The number of amides is 1. The number of carbonyl (C=O) groups excluding carboxylic acids is 1. The number of fused-ring (bicyclic) bond motifs is 2. The maximum Gasteiger partial charge on any atom is 0.267 e. The minimum Gasteiger partial charge on any atom is -0.358 e. The van der Waals surface area contributed by atoms with E-state index >= 15 is 0 Å². The number of carbonyl (C=O) groups is 1. The second-order valence-electron chi connectivity index (χ2n) is 7.75. The molecule has 10 heteroatoms. The van der Waals surface area contributed by atoms with Gasteiger partial charge in [0.1, 0.15) is 23.9 Å². The second kappa shape index (κ2) is 8.18. The lowest BCUT2D eigenvalue weighted by atomic mass is 10.2. The molecule has 1 aliphatic heterocycles. The van der Waals surface area contributed by atoms with Gasteiger partial charge < -0.3 is 16.0 Å². The van der Waals surface area contributed by atoms with E-state index in [1.807, 2.05) is 37.3 Å². The van der Waals surface area contributed by atoms with E-state index in [9.17, 15) is 9.59 Å². The molecule has 2 aromatic heterocycles. The fourth-order valence-electron chi connectivity index (χ4n) is 3.82. The second-order valence-corrected chi connectivity index (χ2v) is 8.15. The van der Waals surface area contributed by atoms with Crippen molar-refractivity contribution < 1.29 is 4.79 Å². The minimum absolute atomic E-state index is 0.187. The van der Waals surface area contributed by atoms with Gasteiger partial charge in [-0.15, -0.1) is 0 Å². The molecule has 1 aliphatic rings. The summed E-state index contributed by atoms with van der Waals surface area (Å²) in [5, 5.41) is 9.86. The third-order valence-electron chi connectivity index (χ3n) is 5.47. The average Bonchev–Trinajstić information content (AvgIpc) is 2.80. The van der Waals surface area contributed by atoms with Gasteiger partial charge in [0, 0.05) is 0 Å². The first-order chi connectivity index (χ1) is 15.9. The molecule has 1 amide bonds.